The summed E-state index contributed by atoms with van der Waals surface area (Å²) in [7, 11) is 2.88. The summed E-state index contributed by atoms with van der Waals surface area (Å²) in [5, 5.41) is 12.4. The predicted molar refractivity (Wildman–Crippen MR) is 202 cm³/mol. The lowest BCUT2D eigenvalue weighted by molar-refractivity contribution is -0.140. The normalized spacial score (nSPS) is 16.1. The number of aromatic nitrogens is 1. The van der Waals surface area contributed by atoms with E-state index in [1.54, 1.807) is 16.8 Å². The summed E-state index contributed by atoms with van der Waals surface area (Å²) in [6.45, 7) is 4.31. The molecule has 4 amide bonds. The predicted octanol–water partition coefficient (Wildman–Crippen LogP) is 4.43. The van der Waals surface area contributed by atoms with Crippen LogP contribution in [0, 0.1) is 17.6 Å². The Hall–Kier alpha value is -4.80. The highest BCUT2D eigenvalue weighted by Gasteiger charge is 2.38. The van der Waals surface area contributed by atoms with Gasteiger partial charge in [-0.25, -0.2) is 13.6 Å². The summed E-state index contributed by atoms with van der Waals surface area (Å²) in [4.78, 5) is 56.7. The van der Waals surface area contributed by atoms with Crippen LogP contribution in [0.3, 0.4) is 0 Å². The van der Waals surface area contributed by atoms with E-state index in [-0.39, 0.29) is 80.2 Å². The summed E-state index contributed by atoms with van der Waals surface area (Å²) in [5.74, 6) is -3.40. The molecule has 306 valence electrons. The molecule has 2 aliphatic rings. The highest BCUT2D eigenvalue weighted by atomic mass is 19.2. The number of ether oxygens (including phenoxy) is 4. The van der Waals surface area contributed by atoms with E-state index in [0.717, 1.165) is 54.7 Å². The average molecular weight is 786 g/mol. The first-order chi connectivity index (χ1) is 27.0. The van der Waals surface area contributed by atoms with E-state index in [1.807, 2.05) is 30.3 Å². The third-order valence-electron chi connectivity index (χ3n) is 10.6. The first-order valence-electron chi connectivity index (χ1n) is 19.2. The molecule has 0 spiro atoms. The molecule has 2 heterocycles. The number of piperazine rings is 1. The number of hydrogen-bond donors (Lipinski definition) is 2. The maximum atomic E-state index is 14.5. The maximum absolute atomic E-state index is 14.5. The van der Waals surface area contributed by atoms with Gasteiger partial charge in [0.05, 0.1) is 45.2 Å². The number of fused-ring (bicyclic) bond motifs is 1. The van der Waals surface area contributed by atoms with Crippen LogP contribution in [-0.2, 0) is 37.5 Å². The van der Waals surface area contributed by atoms with Gasteiger partial charge in [-0.3, -0.25) is 19.3 Å². The highest BCUT2D eigenvalue weighted by Crippen LogP contribution is 2.35. The minimum atomic E-state index is -1.25. The molecule has 2 atom stereocenters. The number of hydrogen-bond acceptors (Lipinski definition) is 8. The number of likely N-dealkylation sites (N-methyl/N-ethyl adjacent to an activating group) is 1. The molecule has 1 aliphatic heterocycles. The molecule has 16 heteroatoms. The second-order valence-corrected chi connectivity index (χ2v) is 14.2. The zero-order valence-electron chi connectivity index (χ0n) is 32.3. The molecule has 0 radical (unpaired) electrons. The maximum Gasteiger partial charge on any atom is 0.407 e. The number of rotatable bonds is 18. The Kier molecular flexibility index (Phi) is 15.4. The third-order valence-corrected chi connectivity index (χ3v) is 10.6. The largest absolute Gasteiger partial charge is 0.488 e. The summed E-state index contributed by atoms with van der Waals surface area (Å²) in [6, 6.07) is 10.0. The molecule has 5 rings (SSSR count). The lowest BCUT2D eigenvalue weighted by Gasteiger charge is -2.39. The van der Waals surface area contributed by atoms with E-state index in [2.05, 4.69) is 5.32 Å². The third kappa shape index (κ3) is 10.7. The Morgan fingerprint density at radius 1 is 0.857 bits per heavy atom. The fraction of sp³-hybridized carbons (Fsp3) is 0.550. The number of halogens is 2. The number of amides is 4. The van der Waals surface area contributed by atoms with E-state index >= 15 is 0 Å². The standard InChI is InChI=1S/C40H53F2N5O9/c1-27(44(2)40(51)52)37(48)43-34(29-12-8-5-9-13-29)38(49)46-14-16-47(17-15-46)39(50)35-36(30-24-31(41)32(42)25-33(30)45(35)3)56-23-22-54-19-18-53-20-21-55-26-28-10-6-4-7-11-28/h4,6-7,10-11,24-25,27,29,34H,5,8-9,12-23,26H2,1-3H3,(H,43,48)(H,51,52)/t27-,34-/m0/s1. The first kappa shape index (κ1) is 42.3. The lowest BCUT2D eigenvalue weighted by atomic mass is 9.83. The second-order valence-electron chi connectivity index (χ2n) is 14.2. The monoisotopic (exact) mass is 785 g/mol. The summed E-state index contributed by atoms with van der Waals surface area (Å²) in [5.41, 5.74) is 1.46. The van der Waals surface area contributed by atoms with Gasteiger partial charge in [-0.1, -0.05) is 49.6 Å². The van der Waals surface area contributed by atoms with Gasteiger partial charge < -0.3 is 43.7 Å². The highest BCUT2D eigenvalue weighted by molar-refractivity contribution is 6.04. The Bertz CT molecular complexity index is 1800. The Morgan fingerprint density at radius 3 is 2.09 bits per heavy atom. The molecule has 1 aromatic heterocycles. The molecule has 2 aromatic carbocycles. The molecule has 56 heavy (non-hydrogen) atoms. The van der Waals surface area contributed by atoms with Crippen LogP contribution >= 0.6 is 0 Å². The molecule has 2 N–H and O–H groups in total. The van der Waals surface area contributed by atoms with Crippen LogP contribution in [0.1, 0.15) is 55.1 Å². The lowest BCUT2D eigenvalue weighted by Crippen LogP contribution is -2.59. The Morgan fingerprint density at radius 2 is 1.45 bits per heavy atom. The molecular weight excluding hydrogens is 732 g/mol. The molecular formula is C40H53F2N5O9. The minimum Gasteiger partial charge on any atom is -0.488 e. The summed E-state index contributed by atoms with van der Waals surface area (Å²) in [6.07, 6.45) is 3.15. The average Bonchev–Trinajstić information content (AvgIpc) is 3.47. The van der Waals surface area contributed by atoms with Crippen LogP contribution in [0.2, 0.25) is 0 Å². The molecule has 1 saturated carbocycles. The van der Waals surface area contributed by atoms with E-state index in [1.165, 1.54) is 18.5 Å². The quantitative estimate of drug-likeness (QED) is 0.179. The number of nitrogens with zero attached hydrogens (tertiary/aromatic N) is 4. The fourth-order valence-electron chi connectivity index (χ4n) is 7.13. The zero-order chi connectivity index (χ0) is 40.2. The SMILES string of the molecule is C[C@@H](C(=O)N[C@H](C(=O)N1CCN(C(=O)c2c(OCCOCCOCCOCc3ccccc3)c3cc(F)c(F)cc3n2C)CC1)C1CCCCC1)N(C)C(=O)O. The van der Waals surface area contributed by atoms with E-state index < -0.39 is 41.6 Å². The van der Waals surface area contributed by atoms with Gasteiger partial charge in [-0.05, 0) is 37.3 Å². The number of aryl methyl sites for hydroxylation is 1. The van der Waals surface area contributed by atoms with Gasteiger partial charge in [0.1, 0.15) is 18.7 Å². The number of carboxylic acid groups (broad SMARTS) is 1. The van der Waals surface area contributed by atoms with Gasteiger partial charge in [0.15, 0.2) is 23.1 Å². The molecule has 14 nitrogen and oxygen atoms in total. The molecule has 1 saturated heterocycles. The smallest absolute Gasteiger partial charge is 0.407 e. The van der Waals surface area contributed by atoms with E-state index in [0.29, 0.717) is 26.4 Å². The molecule has 0 unspecified atom stereocenters. The van der Waals surface area contributed by atoms with Crippen molar-refractivity contribution in [1.82, 2.24) is 24.6 Å². The van der Waals surface area contributed by atoms with Crippen molar-refractivity contribution in [3.63, 3.8) is 0 Å². The van der Waals surface area contributed by atoms with Crippen LogP contribution in [0.5, 0.6) is 5.75 Å². The van der Waals surface area contributed by atoms with Crippen molar-refractivity contribution in [2.24, 2.45) is 13.0 Å². The molecule has 2 fully saturated rings. The van der Waals surface area contributed by atoms with Crippen LogP contribution in [0.15, 0.2) is 42.5 Å². The van der Waals surface area contributed by atoms with E-state index in [9.17, 15) is 33.1 Å². The van der Waals surface area contributed by atoms with Crippen molar-refractivity contribution >= 4 is 34.7 Å². The van der Waals surface area contributed by atoms with Crippen LogP contribution in [0.25, 0.3) is 10.9 Å². The molecule has 0 bridgehead atoms. The van der Waals surface area contributed by atoms with Crippen LogP contribution in [-0.4, -0.2) is 133 Å². The van der Waals surface area contributed by atoms with Crippen LogP contribution in [0.4, 0.5) is 13.6 Å². The van der Waals surface area contributed by atoms with Gasteiger partial charge in [-0.2, -0.15) is 0 Å². The van der Waals surface area contributed by atoms with Gasteiger partial charge in [-0.15, -0.1) is 0 Å². The topological polar surface area (TPSA) is 152 Å². The van der Waals surface area contributed by atoms with Gasteiger partial charge in [0, 0.05) is 51.7 Å². The van der Waals surface area contributed by atoms with Crippen molar-refractivity contribution in [2.75, 3.05) is 72.9 Å². The molecule has 3 aromatic rings. The Labute approximate surface area is 325 Å². The minimum absolute atomic E-state index is 0.0238. The number of carbonyl (C=O) groups is 4. The van der Waals surface area contributed by atoms with Crippen LogP contribution < -0.4 is 10.1 Å². The fourth-order valence-corrected chi connectivity index (χ4v) is 7.13. The molecule has 1 aliphatic carbocycles. The number of benzene rings is 2. The van der Waals surface area contributed by atoms with Gasteiger partial charge in [0.25, 0.3) is 5.91 Å². The van der Waals surface area contributed by atoms with Crippen molar-refractivity contribution < 1.29 is 52.0 Å². The summed E-state index contributed by atoms with van der Waals surface area (Å²) < 4.78 is 53.2. The Balaban J connectivity index is 1.17. The van der Waals surface area contributed by atoms with Gasteiger partial charge >= 0.3 is 6.09 Å². The van der Waals surface area contributed by atoms with E-state index in [4.69, 9.17) is 18.9 Å². The zero-order valence-corrected chi connectivity index (χ0v) is 32.3. The first-order valence-corrected chi connectivity index (χ1v) is 19.2. The van der Waals surface area contributed by atoms with Crippen molar-refractivity contribution in [3.8, 4) is 5.75 Å². The number of nitrogens with one attached hydrogen (secondary N) is 1. The summed E-state index contributed by atoms with van der Waals surface area (Å²) >= 11 is 0. The second kappa shape index (κ2) is 20.4. The van der Waals surface area contributed by atoms with Crippen molar-refractivity contribution in [3.05, 3.63) is 65.4 Å². The van der Waals surface area contributed by atoms with Crippen molar-refractivity contribution in [2.45, 2.75) is 57.7 Å². The number of carbonyl (C=O) groups excluding carboxylic acids is 3. The van der Waals surface area contributed by atoms with Crippen molar-refractivity contribution in [1.29, 1.82) is 0 Å². The van der Waals surface area contributed by atoms with Gasteiger partial charge in [0.2, 0.25) is 11.8 Å².